The number of hydrogen-bond acceptors (Lipinski definition) is 2. The van der Waals surface area contributed by atoms with E-state index in [9.17, 15) is 13.2 Å². The summed E-state index contributed by atoms with van der Waals surface area (Å²) in [5.74, 6) is 0. The van der Waals surface area contributed by atoms with Crippen LogP contribution in [0, 0.1) is 0 Å². The molecule has 0 saturated carbocycles. The largest absolute Gasteiger partial charge is 0.416 e. The third kappa shape index (κ3) is 3.84. The highest BCUT2D eigenvalue weighted by Crippen LogP contribution is 2.33. The first-order valence-electron chi connectivity index (χ1n) is 5.53. The number of hydrogen-bond donors (Lipinski definition) is 1. The van der Waals surface area contributed by atoms with E-state index in [0.717, 1.165) is 31.5 Å². The Morgan fingerprint density at radius 3 is 2.41 bits per heavy atom. The monoisotopic (exact) mass is 246 g/mol. The van der Waals surface area contributed by atoms with Crippen LogP contribution in [0.1, 0.15) is 25.3 Å². The van der Waals surface area contributed by atoms with E-state index in [1.807, 2.05) is 6.92 Å². The van der Waals surface area contributed by atoms with Crippen molar-refractivity contribution in [2.45, 2.75) is 25.9 Å². The molecule has 0 radical (unpaired) electrons. The molecule has 0 atom stereocenters. The minimum absolute atomic E-state index is 0.137. The Bertz CT molecular complexity index is 375. The summed E-state index contributed by atoms with van der Waals surface area (Å²) in [4.78, 5) is 1.79. The van der Waals surface area contributed by atoms with E-state index in [-0.39, 0.29) is 5.69 Å². The van der Waals surface area contributed by atoms with Gasteiger partial charge in [0, 0.05) is 25.0 Å². The first-order chi connectivity index (χ1) is 7.84. The number of nitrogen functional groups attached to an aromatic ring is 1. The van der Waals surface area contributed by atoms with E-state index in [1.165, 1.54) is 0 Å². The predicted molar refractivity (Wildman–Crippen MR) is 64.0 cm³/mol. The molecule has 5 heteroatoms. The third-order valence-corrected chi connectivity index (χ3v) is 2.56. The van der Waals surface area contributed by atoms with Crippen molar-refractivity contribution in [3.63, 3.8) is 0 Å². The summed E-state index contributed by atoms with van der Waals surface area (Å²) in [6.45, 7) is 2.76. The lowest BCUT2D eigenvalue weighted by molar-refractivity contribution is -0.137. The number of anilines is 2. The lowest BCUT2D eigenvalue weighted by atomic mass is 10.1. The second kappa shape index (κ2) is 5.29. The van der Waals surface area contributed by atoms with Crippen LogP contribution >= 0.6 is 0 Å². The summed E-state index contributed by atoms with van der Waals surface area (Å²) in [6, 6.07) is 3.65. The molecule has 0 aliphatic heterocycles. The van der Waals surface area contributed by atoms with Gasteiger partial charge in [0.2, 0.25) is 0 Å². The highest BCUT2D eigenvalue weighted by Gasteiger charge is 2.31. The van der Waals surface area contributed by atoms with E-state index >= 15 is 0 Å². The molecule has 0 aliphatic rings. The molecule has 1 aromatic rings. The fourth-order valence-electron chi connectivity index (χ4n) is 1.54. The van der Waals surface area contributed by atoms with Crippen LogP contribution in [-0.2, 0) is 6.18 Å². The lowest BCUT2D eigenvalue weighted by Crippen LogP contribution is -2.19. The quantitative estimate of drug-likeness (QED) is 0.823. The molecule has 17 heavy (non-hydrogen) atoms. The van der Waals surface area contributed by atoms with Gasteiger partial charge in [0.25, 0.3) is 0 Å². The van der Waals surface area contributed by atoms with Gasteiger partial charge in [-0.15, -0.1) is 0 Å². The molecule has 0 aromatic heterocycles. The molecule has 96 valence electrons. The van der Waals surface area contributed by atoms with E-state index < -0.39 is 11.7 Å². The normalized spacial score (nSPS) is 11.6. The van der Waals surface area contributed by atoms with Crippen LogP contribution in [0.2, 0.25) is 0 Å². The summed E-state index contributed by atoms with van der Waals surface area (Å²) in [7, 11) is 1.77. The number of halogens is 3. The number of benzene rings is 1. The van der Waals surface area contributed by atoms with Crippen LogP contribution in [0.25, 0.3) is 0 Å². The molecule has 0 unspecified atom stereocenters. The van der Waals surface area contributed by atoms with E-state index in [2.05, 4.69) is 0 Å². The lowest BCUT2D eigenvalue weighted by Gasteiger charge is -2.21. The maximum absolute atomic E-state index is 12.6. The predicted octanol–water partition coefficient (Wildman–Crippen LogP) is 3.52. The Morgan fingerprint density at radius 2 is 1.88 bits per heavy atom. The van der Waals surface area contributed by atoms with Crippen LogP contribution in [0.15, 0.2) is 18.2 Å². The van der Waals surface area contributed by atoms with Gasteiger partial charge < -0.3 is 10.6 Å². The summed E-state index contributed by atoms with van der Waals surface area (Å²) in [5, 5.41) is 0. The molecule has 0 heterocycles. The molecule has 0 aliphatic carbocycles. The Morgan fingerprint density at radius 1 is 1.24 bits per heavy atom. The highest BCUT2D eigenvalue weighted by atomic mass is 19.4. The Labute approximate surface area is 99.2 Å². The minimum Gasteiger partial charge on any atom is -0.399 e. The minimum atomic E-state index is -4.35. The Balaban J connectivity index is 2.97. The molecule has 1 aromatic carbocycles. The van der Waals surface area contributed by atoms with Gasteiger partial charge in [-0.3, -0.25) is 0 Å². The average Bonchev–Trinajstić information content (AvgIpc) is 2.23. The Hall–Kier alpha value is -1.39. The topological polar surface area (TPSA) is 29.3 Å². The van der Waals surface area contributed by atoms with Crippen molar-refractivity contribution < 1.29 is 13.2 Å². The molecule has 0 spiro atoms. The summed E-state index contributed by atoms with van der Waals surface area (Å²) >= 11 is 0. The molecule has 2 nitrogen and oxygen atoms in total. The molecule has 1 rings (SSSR count). The van der Waals surface area contributed by atoms with Crippen LogP contribution in [0.4, 0.5) is 24.5 Å². The summed E-state index contributed by atoms with van der Waals surface area (Å²) in [5.41, 5.74) is 5.44. The van der Waals surface area contributed by atoms with Crippen molar-refractivity contribution in [3.8, 4) is 0 Å². The maximum Gasteiger partial charge on any atom is 0.416 e. The summed E-state index contributed by atoms with van der Waals surface area (Å²) < 4.78 is 37.8. The zero-order valence-electron chi connectivity index (χ0n) is 10.0. The first kappa shape index (κ1) is 13.7. The fraction of sp³-hybridized carbons (Fsp3) is 0.500. The first-order valence-corrected chi connectivity index (χ1v) is 5.53. The molecule has 0 amide bonds. The number of unbranched alkanes of at least 4 members (excludes halogenated alkanes) is 1. The zero-order valence-corrected chi connectivity index (χ0v) is 10.0. The molecule has 0 fully saturated rings. The van der Waals surface area contributed by atoms with Crippen LogP contribution in [0.5, 0.6) is 0 Å². The molecule has 0 bridgehead atoms. The Kier molecular flexibility index (Phi) is 4.26. The molecular formula is C12H17F3N2. The van der Waals surface area contributed by atoms with Crippen molar-refractivity contribution in [2.24, 2.45) is 0 Å². The number of alkyl halides is 3. The van der Waals surface area contributed by atoms with Gasteiger partial charge in [-0.05, 0) is 24.6 Å². The summed E-state index contributed by atoms with van der Waals surface area (Å²) in [6.07, 6.45) is -2.42. The van der Waals surface area contributed by atoms with Gasteiger partial charge >= 0.3 is 6.18 Å². The van der Waals surface area contributed by atoms with Gasteiger partial charge in [-0.1, -0.05) is 13.3 Å². The second-order valence-corrected chi connectivity index (χ2v) is 4.09. The molecule has 2 N–H and O–H groups in total. The third-order valence-electron chi connectivity index (χ3n) is 2.56. The van der Waals surface area contributed by atoms with Gasteiger partial charge in [0.1, 0.15) is 0 Å². The van der Waals surface area contributed by atoms with E-state index in [1.54, 1.807) is 18.0 Å². The van der Waals surface area contributed by atoms with Crippen LogP contribution in [0.3, 0.4) is 0 Å². The highest BCUT2D eigenvalue weighted by molar-refractivity contribution is 5.58. The van der Waals surface area contributed by atoms with Crippen molar-refractivity contribution in [2.75, 3.05) is 24.2 Å². The van der Waals surface area contributed by atoms with Crippen molar-refractivity contribution in [1.29, 1.82) is 0 Å². The molecule has 0 saturated heterocycles. The van der Waals surface area contributed by atoms with Gasteiger partial charge in [0.05, 0.1) is 5.56 Å². The fourth-order valence-corrected chi connectivity index (χ4v) is 1.54. The van der Waals surface area contributed by atoms with E-state index in [0.29, 0.717) is 5.69 Å². The number of rotatable bonds is 4. The number of nitrogens with two attached hydrogens (primary N) is 1. The maximum atomic E-state index is 12.6. The van der Waals surface area contributed by atoms with Crippen molar-refractivity contribution in [1.82, 2.24) is 0 Å². The molecular weight excluding hydrogens is 229 g/mol. The van der Waals surface area contributed by atoms with Crippen molar-refractivity contribution >= 4 is 11.4 Å². The number of nitrogens with zero attached hydrogens (tertiary/aromatic N) is 1. The SMILES string of the molecule is CCCCN(C)c1cc(N)cc(C(F)(F)F)c1. The van der Waals surface area contributed by atoms with Gasteiger partial charge in [-0.25, -0.2) is 0 Å². The standard InChI is InChI=1S/C12H17F3N2/c1-3-4-5-17(2)11-7-9(12(13,14)15)6-10(16)8-11/h6-8H,3-5,16H2,1-2H3. The zero-order chi connectivity index (χ0) is 13.1. The average molecular weight is 246 g/mol. The van der Waals surface area contributed by atoms with Crippen molar-refractivity contribution in [3.05, 3.63) is 23.8 Å². The second-order valence-electron chi connectivity index (χ2n) is 4.09. The van der Waals surface area contributed by atoms with Crippen LogP contribution in [-0.4, -0.2) is 13.6 Å². The van der Waals surface area contributed by atoms with Gasteiger partial charge in [0.15, 0.2) is 0 Å². The van der Waals surface area contributed by atoms with E-state index in [4.69, 9.17) is 5.73 Å². The van der Waals surface area contributed by atoms with Crippen LogP contribution < -0.4 is 10.6 Å². The smallest absolute Gasteiger partial charge is 0.399 e. The van der Waals surface area contributed by atoms with Gasteiger partial charge in [-0.2, -0.15) is 13.2 Å².